The minimum Gasteiger partial charge on any atom is -0.504 e. The fraction of sp³-hybridized carbons (Fsp3) is 0.118. The second-order valence-electron chi connectivity index (χ2n) is 4.89. The van der Waals surface area contributed by atoms with Crippen molar-refractivity contribution in [2.45, 2.75) is 6.42 Å². The van der Waals surface area contributed by atoms with Gasteiger partial charge in [-0.25, -0.2) is 9.78 Å². The molecule has 5 heteroatoms. The maximum absolute atomic E-state index is 11.5. The summed E-state index contributed by atoms with van der Waals surface area (Å²) in [6.07, 6.45) is 3.95. The molecule has 2 heterocycles. The maximum atomic E-state index is 11.5. The first-order valence-corrected chi connectivity index (χ1v) is 6.78. The van der Waals surface area contributed by atoms with Gasteiger partial charge in [0.05, 0.1) is 7.11 Å². The number of fused-ring (bicyclic) bond motifs is 1. The summed E-state index contributed by atoms with van der Waals surface area (Å²) in [5.41, 5.74) is 2.39. The van der Waals surface area contributed by atoms with Crippen LogP contribution in [-0.2, 0) is 11.2 Å². The Bertz CT molecular complexity index is 832. The smallest absolute Gasteiger partial charge is 0.360 e. The van der Waals surface area contributed by atoms with E-state index >= 15 is 0 Å². The molecule has 5 nitrogen and oxygen atoms in total. The number of benzene rings is 1. The minimum absolute atomic E-state index is 0.127. The number of methoxy groups -OCH3 is 1. The molecule has 0 aliphatic rings. The van der Waals surface area contributed by atoms with Crippen molar-refractivity contribution in [1.29, 1.82) is 0 Å². The Labute approximate surface area is 127 Å². The molecule has 0 radical (unpaired) electrons. The van der Waals surface area contributed by atoms with E-state index in [4.69, 9.17) is 0 Å². The normalized spacial score (nSPS) is 10.6. The molecular weight excluding hydrogens is 280 g/mol. The van der Waals surface area contributed by atoms with Crippen LogP contribution in [0.3, 0.4) is 0 Å². The SMILES string of the molecule is COC(=O)c1ncc2cc(Cc3ccccc3)cnc2c1O. The fourth-order valence-electron chi connectivity index (χ4n) is 2.31. The molecule has 0 fully saturated rings. The van der Waals surface area contributed by atoms with Gasteiger partial charge in [-0.2, -0.15) is 0 Å². The summed E-state index contributed by atoms with van der Waals surface area (Å²) >= 11 is 0. The molecule has 2 aromatic heterocycles. The Kier molecular flexibility index (Phi) is 3.70. The average Bonchev–Trinajstić information content (AvgIpc) is 2.55. The van der Waals surface area contributed by atoms with Crippen LogP contribution in [0.25, 0.3) is 10.9 Å². The highest BCUT2D eigenvalue weighted by molar-refractivity contribution is 5.97. The van der Waals surface area contributed by atoms with Gasteiger partial charge in [0.1, 0.15) is 5.52 Å². The third-order valence-electron chi connectivity index (χ3n) is 3.38. The van der Waals surface area contributed by atoms with Crippen LogP contribution in [0.2, 0.25) is 0 Å². The number of pyridine rings is 2. The summed E-state index contributed by atoms with van der Waals surface area (Å²) in [4.78, 5) is 19.7. The third-order valence-corrected chi connectivity index (χ3v) is 3.38. The molecule has 0 saturated carbocycles. The number of ether oxygens (including phenoxy) is 1. The zero-order valence-corrected chi connectivity index (χ0v) is 12.0. The van der Waals surface area contributed by atoms with Crippen molar-refractivity contribution in [2.24, 2.45) is 0 Å². The number of esters is 1. The minimum atomic E-state index is -0.686. The molecule has 0 spiro atoms. The molecule has 22 heavy (non-hydrogen) atoms. The molecule has 0 amide bonds. The molecule has 0 aliphatic heterocycles. The van der Waals surface area contributed by atoms with Crippen molar-refractivity contribution in [3.63, 3.8) is 0 Å². The van der Waals surface area contributed by atoms with E-state index < -0.39 is 5.97 Å². The molecule has 0 unspecified atom stereocenters. The highest BCUT2D eigenvalue weighted by atomic mass is 16.5. The van der Waals surface area contributed by atoms with E-state index in [-0.39, 0.29) is 11.4 Å². The lowest BCUT2D eigenvalue weighted by Crippen LogP contribution is -2.05. The largest absolute Gasteiger partial charge is 0.504 e. The monoisotopic (exact) mass is 294 g/mol. The second kappa shape index (κ2) is 5.81. The standard InChI is InChI=1S/C17H14N2O3/c1-22-17(21)15-16(20)14-13(10-19-15)8-12(9-18-14)7-11-5-3-2-4-6-11/h2-6,8-10,20H,7H2,1H3. The number of hydrogen-bond acceptors (Lipinski definition) is 5. The number of nitrogens with zero attached hydrogens (tertiary/aromatic N) is 2. The van der Waals surface area contributed by atoms with Crippen LogP contribution >= 0.6 is 0 Å². The Morgan fingerprint density at radius 3 is 2.64 bits per heavy atom. The first-order chi connectivity index (χ1) is 10.7. The maximum Gasteiger partial charge on any atom is 0.360 e. The molecule has 1 aromatic carbocycles. The Morgan fingerprint density at radius 2 is 1.91 bits per heavy atom. The van der Waals surface area contributed by atoms with E-state index in [1.165, 1.54) is 18.9 Å². The molecule has 0 atom stereocenters. The number of carbonyl (C=O) groups excluding carboxylic acids is 1. The zero-order chi connectivity index (χ0) is 15.5. The Balaban J connectivity index is 1.99. The highest BCUT2D eigenvalue weighted by Gasteiger charge is 2.17. The average molecular weight is 294 g/mol. The van der Waals surface area contributed by atoms with E-state index in [0.29, 0.717) is 10.9 Å². The predicted molar refractivity (Wildman–Crippen MR) is 81.8 cm³/mol. The van der Waals surface area contributed by atoms with Crippen molar-refractivity contribution in [3.05, 3.63) is 65.6 Å². The van der Waals surface area contributed by atoms with Crippen molar-refractivity contribution in [3.8, 4) is 5.75 Å². The van der Waals surface area contributed by atoms with Crippen molar-refractivity contribution < 1.29 is 14.6 Å². The quantitative estimate of drug-likeness (QED) is 0.752. The summed E-state index contributed by atoms with van der Waals surface area (Å²) in [6, 6.07) is 11.9. The molecule has 0 saturated heterocycles. The van der Waals surface area contributed by atoms with E-state index in [9.17, 15) is 9.90 Å². The first-order valence-electron chi connectivity index (χ1n) is 6.78. The van der Waals surface area contributed by atoms with Gasteiger partial charge < -0.3 is 9.84 Å². The Hall–Kier alpha value is -2.95. The topological polar surface area (TPSA) is 72.3 Å². The van der Waals surface area contributed by atoms with Crippen LogP contribution in [0.1, 0.15) is 21.6 Å². The molecular formula is C17H14N2O3. The summed E-state index contributed by atoms with van der Waals surface area (Å²) in [6.45, 7) is 0. The second-order valence-corrected chi connectivity index (χ2v) is 4.89. The molecule has 3 aromatic rings. The van der Waals surface area contributed by atoms with Crippen LogP contribution in [0.4, 0.5) is 0 Å². The Morgan fingerprint density at radius 1 is 1.14 bits per heavy atom. The van der Waals surface area contributed by atoms with Crippen LogP contribution < -0.4 is 0 Å². The van der Waals surface area contributed by atoms with Gasteiger partial charge in [0.25, 0.3) is 0 Å². The lowest BCUT2D eigenvalue weighted by Gasteiger charge is -2.07. The number of carbonyl (C=O) groups is 1. The van der Waals surface area contributed by atoms with E-state index in [1.807, 2.05) is 36.4 Å². The summed E-state index contributed by atoms with van der Waals surface area (Å²) in [5.74, 6) is -0.940. The van der Waals surface area contributed by atoms with Crippen LogP contribution in [0, 0.1) is 0 Å². The lowest BCUT2D eigenvalue weighted by atomic mass is 10.1. The van der Waals surface area contributed by atoms with Crippen LogP contribution in [0.15, 0.2) is 48.8 Å². The molecule has 110 valence electrons. The van der Waals surface area contributed by atoms with Gasteiger partial charge in [-0.15, -0.1) is 0 Å². The van der Waals surface area contributed by atoms with Crippen molar-refractivity contribution >= 4 is 16.9 Å². The van der Waals surface area contributed by atoms with Gasteiger partial charge >= 0.3 is 5.97 Å². The van der Waals surface area contributed by atoms with Crippen molar-refractivity contribution in [2.75, 3.05) is 7.11 Å². The summed E-state index contributed by atoms with van der Waals surface area (Å²) in [7, 11) is 1.24. The van der Waals surface area contributed by atoms with E-state index in [0.717, 1.165) is 12.0 Å². The van der Waals surface area contributed by atoms with Crippen LogP contribution in [0.5, 0.6) is 5.75 Å². The number of aromatic nitrogens is 2. The third kappa shape index (κ3) is 2.61. The molecule has 0 aliphatic carbocycles. The van der Waals surface area contributed by atoms with Gasteiger partial charge in [0.2, 0.25) is 0 Å². The zero-order valence-electron chi connectivity index (χ0n) is 12.0. The van der Waals surface area contributed by atoms with Gasteiger partial charge in [0.15, 0.2) is 11.4 Å². The lowest BCUT2D eigenvalue weighted by molar-refractivity contribution is 0.0591. The summed E-state index contributed by atoms with van der Waals surface area (Å²) < 4.78 is 4.58. The molecule has 1 N–H and O–H groups in total. The van der Waals surface area contributed by atoms with Gasteiger partial charge in [-0.1, -0.05) is 30.3 Å². The van der Waals surface area contributed by atoms with E-state index in [1.54, 1.807) is 6.20 Å². The van der Waals surface area contributed by atoms with E-state index in [2.05, 4.69) is 14.7 Å². The van der Waals surface area contributed by atoms with Gasteiger partial charge in [-0.05, 0) is 23.6 Å². The van der Waals surface area contributed by atoms with Gasteiger partial charge in [-0.3, -0.25) is 4.98 Å². The molecule has 0 bridgehead atoms. The first kappa shape index (κ1) is 14.0. The number of aromatic hydroxyl groups is 1. The van der Waals surface area contributed by atoms with Crippen LogP contribution in [-0.4, -0.2) is 28.2 Å². The van der Waals surface area contributed by atoms with Gasteiger partial charge in [0, 0.05) is 17.8 Å². The number of hydrogen-bond donors (Lipinski definition) is 1. The fourth-order valence-corrected chi connectivity index (χ4v) is 2.31. The molecule has 3 rings (SSSR count). The summed E-state index contributed by atoms with van der Waals surface area (Å²) in [5, 5.41) is 10.8. The van der Waals surface area contributed by atoms with Crippen molar-refractivity contribution in [1.82, 2.24) is 9.97 Å². The predicted octanol–water partition coefficient (Wildman–Crippen LogP) is 2.71. The number of rotatable bonds is 3. The highest BCUT2D eigenvalue weighted by Crippen LogP contribution is 2.26.